The summed E-state index contributed by atoms with van der Waals surface area (Å²) in [7, 11) is -3.34. The highest BCUT2D eigenvalue weighted by atomic mass is 32.2. The van der Waals surface area contributed by atoms with Gasteiger partial charge in [0.25, 0.3) is 5.91 Å². The largest absolute Gasteiger partial charge is 0.319 e. The normalized spacial score (nSPS) is 17.8. The molecule has 7 nitrogen and oxygen atoms in total. The third kappa shape index (κ3) is 2.44. The Kier molecular flexibility index (Phi) is 3.26. The van der Waals surface area contributed by atoms with Crippen molar-refractivity contribution in [2.45, 2.75) is 36.3 Å². The van der Waals surface area contributed by atoms with Crippen molar-refractivity contribution in [3.05, 3.63) is 33.7 Å². The van der Waals surface area contributed by atoms with Crippen LogP contribution in [0.4, 0.5) is 5.69 Å². The molecule has 2 aliphatic carbocycles. The van der Waals surface area contributed by atoms with E-state index in [0.29, 0.717) is 0 Å². The molecule has 1 atom stereocenters. The van der Waals surface area contributed by atoms with E-state index in [0.717, 1.165) is 71.6 Å². The predicted molar refractivity (Wildman–Crippen MR) is 87.1 cm³/mol. The van der Waals surface area contributed by atoms with Gasteiger partial charge < -0.3 is 5.32 Å². The van der Waals surface area contributed by atoms with Crippen molar-refractivity contribution in [3.8, 4) is 0 Å². The molecule has 0 bridgehead atoms. The van der Waals surface area contributed by atoms with E-state index in [-0.39, 0.29) is 15.1 Å². The molecule has 9 heteroatoms. The molecule has 0 saturated heterocycles. The maximum absolute atomic E-state index is 12.5. The fraction of sp³-hybridized carbons (Fsp3) is 0.357. The van der Waals surface area contributed by atoms with E-state index >= 15 is 0 Å². The first-order chi connectivity index (χ1) is 10.9. The summed E-state index contributed by atoms with van der Waals surface area (Å²) in [6.07, 6.45) is 6.07. The number of thiazole rings is 1. The summed E-state index contributed by atoms with van der Waals surface area (Å²) >= 11 is 0.902. The number of aromatic nitrogens is 2. The third-order valence-corrected chi connectivity index (χ3v) is 6.73. The topological polar surface area (TPSA) is 122 Å². The second kappa shape index (κ2) is 5.08. The number of nitrogens with one attached hydrogen (secondary N) is 2. The van der Waals surface area contributed by atoms with Gasteiger partial charge in [0.05, 0.1) is 11.9 Å². The Labute approximate surface area is 137 Å². The minimum Gasteiger partial charge on any atom is -0.319 e. The second-order valence-electron chi connectivity index (χ2n) is 5.73. The molecule has 0 radical (unpaired) electrons. The average molecular weight is 349 g/mol. The molecule has 2 aromatic rings. The van der Waals surface area contributed by atoms with Crippen LogP contribution >= 0.6 is 11.3 Å². The lowest BCUT2D eigenvalue weighted by atomic mass is 9.89. The van der Waals surface area contributed by atoms with E-state index in [4.69, 9.17) is 9.92 Å². The van der Waals surface area contributed by atoms with E-state index < -0.39 is 9.92 Å². The molecule has 0 fully saturated rings. The maximum atomic E-state index is 12.5. The maximum Gasteiger partial charge on any atom is 0.284 e. The first-order valence-electron chi connectivity index (χ1n) is 7.30. The minimum atomic E-state index is -3.34. The molecular weight excluding hydrogens is 334 g/mol. The lowest BCUT2D eigenvalue weighted by Gasteiger charge is -2.24. The Morgan fingerprint density at radius 1 is 1.26 bits per heavy atom. The van der Waals surface area contributed by atoms with Gasteiger partial charge in [-0.25, -0.2) is 19.1 Å². The lowest BCUT2D eigenvalue weighted by molar-refractivity contribution is 0.102. The lowest BCUT2D eigenvalue weighted by Crippen LogP contribution is -2.21. The zero-order valence-corrected chi connectivity index (χ0v) is 13.9. The summed E-state index contributed by atoms with van der Waals surface area (Å²) in [5, 5.41) is 8.40. The zero-order chi connectivity index (χ0) is 16.2. The van der Waals surface area contributed by atoms with Crippen LogP contribution in [-0.4, -0.2) is 20.1 Å². The SMILES string of the molecule is N=S(N)(=O)c1cnc(C(=O)Nc2c3c(nc4c2CC4)CCC3)s1. The van der Waals surface area contributed by atoms with E-state index in [2.05, 4.69) is 15.3 Å². The quantitative estimate of drug-likeness (QED) is 0.780. The van der Waals surface area contributed by atoms with Gasteiger partial charge >= 0.3 is 0 Å². The molecule has 1 unspecified atom stereocenters. The minimum absolute atomic E-state index is 0.107. The van der Waals surface area contributed by atoms with Crippen molar-refractivity contribution in [1.82, 2.24) is 9.97 Å². The second-order valence-corrected chi connectivity index (χ2v) is 8.66. The Morgan fingerprint density at radius 3 is 2.65 bits per heavy atom. The van der Waals surface area contributed by atoms with Crippen molar-refractivity contribution in [2.75, 3.05) is 5.32 Å². The first-order valence-corrected chi connectivity index (χ1v) is 9.74. The van der Waals surface area contributed by atoms with Crippen LogP contribution in [0, 0.1) is 4.78 Å². The summed E-state index contributed by atoms with van der Waals surface area (Å²) in [5.41, 5.74) is 5.32. The standard InChI is InChI=1S/C14H15N5O2S2/c15-23(16,21)11-6-17-14(22-11)13(20)19-12-7-2-1-3-9(7)18-10-5-4-8(10)12/h6H,1-5H2,(H3,15,16,21)(H,18,19,20). The van der Waals surface area contributed by atoms with Crippen LogP contribution in [-0.2, 0) is 35.6 Å². The highest BCUT2D eigenvalue weighted by Gasteiger charge is 2.28. The molecule has 1 amide bonds. The van der Waals surface area contributed by atoms with E-state index in [1.165, 1.54) is 6.20 Å². The highest BCUT2D eigenvalue weighted by Crippen LogP contribution is 2.37. The van der Waals surface area contributed by atoms with Crippen LogP contribution in [0.15, 0.2) is 10.4 Å². The molecule has 4 rings (SSSR count). The number of hydrogen-bond acceptors (Lipinski definition) is 6. The Morgan fingerprint density at radius 2 is 2.00 bits per heavy atom. The van der Waals surface area contributed by atoms with Crippen LogP contribution < -0.4 is 10.5 Å². The van der Waals surface area contributed by atoms with Crippen LogP contribution in [0.1, 0.15) is 38.7 Å². The number of carbonyl (C=O) groups is 1. The van der Waals surface area contributed by atoms with E-state index in [9.17, 15) is 9.00 Å². The molecule has 2 heterocycles. The Hall–Kier alpha value is -1.84. The molecule has 2 aromatic heterocycles. The summed E-state index contributed by atoms with van der Waals surface area (Å²) in [6, 6.07) is 0. The summed E-state index contributed by atoms with van der Waals surface area (Å²) in [5.74, 6) is -0.348. The van der Waals surface area contributed by atoms with Gasteiger partial charge in [-0.2, -0.15) is 0 Å². The van der Waals surface area contributed by atoms with Crippen molar-refractivity contribution < 1.29 is 9.00 Å². The van der Waals surface area contributed by atoms with Crippen LogP contribution in [0.25, 0.3) is 0 Å². The molecule has 0 aromatic carbocycles. The van der Waals surface area contributed by atoms with Gasteiger partial charge in [-0.05, 0) is 43.2 Å². The van der Waals surface area contributed by atoms with Gasteiger partial charge in [0.15, 0.2) is 5.01 Å². The number of nitrogens with two attached hydrogens (primary N) is 1. The molecular formula is C14H15N5O2S2. The van der Waals surface area contributed by atoms with Gasteiger partial charge in [-0.3, -0.25) is 9.78 Å². The molecule has 2 aliphatic rings. The fourth-order valence-corrected chi connectivity index (χ4v) is 4.53. The number of pyridine rings is 1. The summed E-state index contributed by atoms with van der Waals surface area (Å²) < 4.78 is 19.0. The Balaban J connectivity index is 1.67. The number of fused-ring (bicyclic) bond motifs is 2. The van der Waals surface area contributed by atoms with Gasteiger partial charge in [-0.15, -0.1) is 0 Å². The van der Waals surface area contributed by atoms with Gasteiger partial charge in [0.1, 0.15) is 14.1 Å². The van der Waals surface area contributed by atoms with E-state index in [1.807, 2.05) is 0 Å². The summed E-state index contributed by atoms with van der Waals surface area (Å²) in [4.78, 5) is 21.1. The molecule has 23 heavy (non-hydrogen) atoms. The summed E-state index contributed by atoms with van der Waals surface area (Å²) in [6.45, 7) is 0. The van der Waals surface area contributed by atoms with Crippen molar-refractivity contribution >= 4 is 32.8 Å². The first kappa shape index (κ1) is 14.7. The number of anilines is 1. The van der Waals surface area contributed by atoms with Crippen LogP contribution in [0.2, 0.25) is 0 Å². The molecule has 4 N–H and O–H groups in total. The van der Waals surface area contributed by atoms with Gasteiger partial charge in [-0.1, -0.05) is 11.3 Å². The van der Waals surface area contributed by atoms with Gasteiger partial charge in [0, 0.05) is 11.4 Å². The van der Waals surface area contributed by atoms with E-state index in [1.54, 1.807) is 0 Å². The number of aryl methyl sites for hydroxylation is 2. The highest BCUT2D eigenvalue weighted by molar-refractivity contribution is 7.92. The monoisotopic (exact) mass is 349 g/mol. The molecule has 0 saturated carbocycles. The van der Waals surface area contributed by atoms with Gasteiger partial charge in [0.2, 0.25) is 0 Å². The van der Waals surface area contributed by atoms with Crippen LogP contribution in [0.3, 0.4) is 0 Å². The number of carbonyl (C=O) groups excluding carboxylic acids is 1. The molecule has 120 valence electrons. The number of amides is 1. The number of hydrogen-bond donors (Lipinski definition) is 3. The smallest absolute Gasteiger partial charge is 0.284 e. The van der Waals surface area contributed by atoms with Crippen molar-refractivity contribution in [1.29, 1.82) is 4.78 Å². The predicted octanol–water partition coefficient (Wildman–Crippen LogP) is 1.66. The Bertz CT molecular complexity index is 933. The van der Waals surface area contributed by atoms with Crippen molar-refractivity contribution in [2.24, 2.45) is 5.14 Å². The fourth-order valence-electron chi connectivity index (χ4n) is 3.04. The third-order valence-electron chi connectivity index (χ3n) is 4.24. The molecule has 0 spiro atoms. The zero-order valence-electron chi connectivity index (χ0n) is 12.2. The van der Waals surface area contributed by atoms with Crippen molar-refractivity contribution in [3.63, 3.8) is 0 Å². The number of nitrogens with zero attached hydrogens (tertiary/aromatic N) is 2. The average Bonchev–Trinajstić information content (AvgIpc) is 3.10. The number of rotatable bonds is 3. The van der Waals surface area contributed by atoms with Crippen LogP contribution in [0.5, 0.6) is 0 Å². The molecule has 0 aliphatic heterocycles.